The second-order valence-corrected chi connectivity index (χ2v) is 5.88. The molecule has 0 aliphatic heterocycles. The average Bonchev–Trinajstić information content (AvgIpc) is 2.46. The first-order chi connectivity index (χ1) is 11.0. The molecule has 2 aromatic rings. The molecule has 0 unspecified atom stereocenters. The molecule has 0 bridgehead atoms. The van der Waals surface area contributed by atoms with Crippen molar-refractivity contribution >= 4 is 31.2 Å². The zero-order chi connectivity index (χ0) is 17.0. The van der Waals surface area contributed by atoms with Crippen molar-refractivity contribution in [3.8, 4) is 11.5 Å². The molecule has 0 saturated heterocycles. The zero-order valence-electron chi connectivity index (χ0n) is 12.2. The molecule has 122 valence electrons. The molecule has 2 nitrogen and oxygen atoms in total. The van der Waals surface area contributed by atoms with E-state index in [0.29, 0.717) is 0 Å². The van der Waals surface area contributed by atoms with E-state index in [0.717, 1.165) is 47.8 Å². The Balaban J connectivity index is 2.15. The van der Waals surface area contributed by atoms with Gasteiger partial charge < -0.3 is 9.31 Å². The third kappa shape index (κ3) is 4.29. The Morgan fingerprint density at radius 1 is 0.739 bits per heavy atom. The van der Waals surface area contributed by atoms with Crippen molar-refractivity contribution in [3.63, 3.8) is 0 Å². The molecule has 2 rings (SSSR count). The standard InChI is InChI=1S/C14H11BF4O2S2/c1-22-13-9(18)3-7(16)5-11(13)20-15-21-12-6-8(17)4-10(19)14(12)23-2/h3-6,15H,1-2H3. The monoisotopic (exact) mass is 362 g/mol. The summed E-state index contributed by atoms with van der Waals surface area (Å²) in [6.07, 6.45) is 3.22. The van der Waals surface area contributed by atoms with Gasteiger partial charge in [-0.25, -0.2) is 17.6 Å². The third-order valence-corrected chi connectivity index (χ3v) is 4.39. The average molecular weight is 362 g/mol. The van der Waals surface area contributed by atoms with Gasteiger partial charge in [0, 0.05) is 24.3 Å². The SMILES string of the molecule is CSc1c(F)cc(F)cc1OBOc1cc(F)cc(F)c1SC. The normalized spacial score (nSPS) is 10.5. The maximum atomic E-state index is 13.6. The summed E-state index contributed by atoms with van der Waals surface area (Å²) in [5.41, 5.74) is 0. The van der Waals surface area contributed by atoms with E-state index in [4.69, 9.17) is 9.31 Å². The van der Waals surface area contributed by atoms with E-state index in [9.17, 15) is 17.6 Å². The Morgan fingerprint density at radius 3 is 1.48 bits per heavy atom. The number of thioether (sulfide) groups is 2. The maximum absolute atomic E-state index is 13.6. The molecule has 0 heterocycles. The summed E-state index contributed by atoms with van der Waals surface area (Å²) < 4.78 is 64.1. The van der Waals surface area contributed by atoms with Gasteiger partial charge in [0.15, 0.2) is 0 Å². The van der Waals surface area contributed by atoms with Crippen molar-refractivity contribution < 1.29 is 26.9 Å². The van der Waals surface area contributed by atoms with Gasteiger partial charge in [-0.05, 0) is 12.5 Å². The van der Waals surface area contributed by atoms with Gasteiger partial charge in [-0.1, -0.05) is 0 Å². The maximum Gasteiger partial charge on any atom is 0.576 e. The van der Waals surface area contributed by atoms with E-state index in [-0.39, 0.29) is 21.3 Å². The van der Waals surface area contributed by atoms with Crippen molar-refractivity contribution in [2.75, 3.05) is 12.5 Å². The summed E-state index contributed by atoms with van der Waals surface area (Å²) in [4.78, 5) is 0.232. The number of rotatable bonds is 6. The lowest BCUT2D eigenvalue weighted by atomic mass is 10.2. The summed E-state index contributed by atoms with van der Waals surface area (Å²) in [7, 11) is -0.451. The van der Waals surface area contributed by atoms with Gasteiger partial charge in [0.2, 0.25) is 0 Å². The van der Waals surface area contributed by atoms with Crippen molar-refractivity contribution in [1.82, 2.24) is 0 Å². The summed E-state index contributed by atoms with van der Waals surface area (Å²) in [6, 6.07) is 3.51. The van der Waals surface area contributed by atoms with E-state index < -0.39 is 31.0 Å². The van der Waals surface area contributed by atoms with E-state index in [2.05, 4.69) is 0 Å². The third-order valence-electron chi connectivity index (χ3n) is 2.79. The van der Waals surface area contributed by atoms with E-state index in [1.165, 1.54) is 0 Å². The van der Waals surface area contributed by atoms with E-state index in [1.54, 1.807) is 12.5 Å². The Kier molecular flexibility index (Phi) is 6.12. The molecular weight excluding hydrogens is 351 g/mol. The summed E-state index contributed by atoms with van der Waals surface area (Å²) in [5.74, 6) is -3.19. The molecule has 2 aromatic carbocycles. The minimum Gasteiger partial charge on any atom is -0.527 e. The molecule has 0 spiro atoms. The smallest absolute Gasteiger partial charge is 0.527 e. The van der Waals surface area contributed by atoms with Gasteiger partial charge >= 0.3 is 7.69 Å². The summed E-state index contributed by atoms with van der Waals surface area (Å²) in [5, 5.41) is 0. The molecule has 0 saturated carbocycles. The first-order valence-electron chi connectivity index (χ1n) is 6.28. The van der Waals surface area contributed by atoms with Crippen molar-refractivity contribution in [2.45, 2.75) is 9.79 Å². The highest BCUT2D eigenvalue weighted by molar-refractivity contribution is 7.99. The molecule has 0 fully saturated rings. The fourth-order valence-corrected chi connectivity index (χ4v) is 2.99. The highest BCUT2D eigenvalue weighted by Crippen LogP contribution is 2.33. The Bertz CT molecular complexity index is 656. The second kappa shape index (κ2) is 7.87. The molecule has 0 aromatic heterocycles. The molecule has 0 amide bonds. The van der Waals surface area contributed by atoms with E-state index in [1.807, 2.05) is 0 Å². The predicted octanol–water partition coefficient (Wildman–Crippen LogP) is 4.41. The van der Waals surface area contributed by atoms with Crippen LogP contribution in [0.2, 0.25) is 0 Å². The fourth-order valence-electron chi connectivity index (χ4n) is 1.84. The number of halogens is 4. The molecule has 0 atom stereocenters. The van der Waals surface area contributed by atoms with Gasteiger partial charge in [0.1, 0.15) is 34.8 Å². The second-order valence-electron chi connectivity index (χ2n) is 4.24. The van der Waals surface area contributed by atoms with Crippen LogP contribution >= 0.6 is 23.5 Å². The van der Waals surface area contributed by atoms with Gasteiger partial charge in [-0.15, -0.1) is 23.5 Å². The lowest BCUT2D eigenvalue weighted by Crippen LogP contribution is -2.13. The van der Waals surface area contributed by atoms with Crippen LogP contribution in [0.5, 0.6) is 11.5 Å². The molecule has 23 heavy (non-hydrogen) atoms. The molecule has 9 heteroatoms. The topological polar surface area (TPSA) is 18.5 Å². The van der Waals surface area contributed by atoms with Crippen LogP contribution in [0.4, 0.5) is 17.6 Å². The van der Waals surface area contributed by atoms with Crippen LogP contribution in [0.25, 0.3) is 0 Å². The van der Waals surface area contributed by atoms with Crippen LogP contribution in [-0.4, -0.2) is 20.2 Å². The van der Waals surface area contributed by atoms with Crippen molar-refractivity contribution in [3.05, 3.63) is 47.5 Å². The molecule has 0 aliphatic rings. The van der Waals surface area contributed by atoms with Crippen molar-refractivity contribution in [2.24, 2.45) is 0 Å². The number of hydrogen-bond donors (Lipinski definition) is 0. The molecule has 0 radical (unpaired) electrons. The van der Waals surface area contributed by atoms with Crippen LogP contribution in [-0.2, 0) is 0 Å². The number of benzene rings is 2. The van der Waals surface area contributed by atoms with Crippen LogP contribution in [0.1, 0.15) is 0 Å². The first kappa shape index (κ1) is 17.9. The highest BCUT2D eigenvalue weighted by Gasteiger charge is 2.15. The van der Waals surface area contributed by atoms with Gasteiger partial charge in [-0.3, -0.25) is 0 Å². The van der Waals surface area contributed by atoms with Gasteiger partial charge in [0.05, 0.1) is 9.79 Å². The summed E-state index contributed by atoms with van der Waals surface area (Å²) >= 11 is 2.09. The van der Waals surface area contributed by atoms with Crippen molar-refractivity contribution in [1.29, 1.82) is 0 Å². The van der Waals surface area contributed by atoms with Crippen LogP contribution in [0.15, 0.2) is 34.1 Å². The lowest BCUT2D eigenvalue weighted by molar-refractivity contribution is 0.429. The first-order valence-corrected chi connectivity index (χ1v) is 8.73. The lowest BCUT2D eigenvalue weighted by Gasteiger charge is -2.13. The van der Waals surface area contributed by atoms with Gasteiger partial charge in [0.25, 0.3) is 0 Å². The minimum atomic E-state index is -0.795. The Labute approximate surface area is 139 Å². The molecule has 0 N–H and O–H groups in total. The molecule has 0 aliphatic carbocycles. The largest absolute Gasteiger partial charge is 0.576 e. The van der Waals surface area contributed by atoms with Crippen LogP contribution < -0.4 is 9.31 Å². The summed E-state index contributed by atoms with van der Waals surface area (Å²) in [6.45, 7) is 0. The molecular formula is C14H11BF4O2S2. The zero-order valence-corrected chi connectivity index (χ0v) is 13.8. The number of hydrogen-bond acceptors (Lipinski definition) is 4. The highest BCUT2D eigenvalue weighted by atomic mass is 32.2. The Morgan fingerprint density at radius 2 is 1.13 bits per heavy atom. The Hall–Kier alpha value is -1.48. The minimum absolute atomic E-state index is 0.0439. The van der Waals surface area contributed by atoms with Crippen LogP contribution in [0.3, 0.4) is 0 Å². The fraction of sp³-hybridized carbons (Fsp3) is 0.143. The quantitative estimate of drug-likeness (QED) is 0.430. The van der Waals surface area contributed by atoms with E-state index >= 15 is 0 Å². The van der Waals surface area contributed by atoms with Gasteiger partial charge in [-0.2, -0.15) is 0 Å². The predicted molar refractivity (Wildman–Crippen MR) is 84.7 cm³/mol. The van der Waals surface area contributed by atoms with Crippen LogP contribution in [0, 0.1) is 23.3 Å².